The van der Waals surface area contributed by atoms with Gasteiger partial charge in [-0.25, -0.2) is 4.98 Å². The smallest absolute Gasteiger partial charge is 0.265 e. The Bertz CT molecular complexity index is 921. The van der Waals surface area contributed by atoms with E-state index in [-0.39, 0.29) is 11.8 Å². The van der Waals surface area contributed by atoms with Crippen molar-refractivity contribution in [3.63, 3.8) is 0 Å². The predicted octanol–water partition coefficient (Wildman–Crippen LogP) is 3.79. The molecule has 2 atom stereocenters. The Morgan fingerprint density at radius 2 is 1.81 bits per heavy atom. The number of ether oxygens (including phenoxy) is 1. The molecule has 0 aliphatic carbocycles. The minimum atomic E-state index is 0.113. The van der Waals surface area contributed by atoms with Gasteiger partial charge in [0.1, 0.15) is 10.6 Å². The van der Waals surface area contributed by atoms with Crippen molar-refractivity contribution >= 4 is 23.2 Å². The molecule has 7 heteroatoms. The molecule has 1 aromatic heterocycles. The summed E-state index contributed by atoms with van der Waals surface area (Å²) in [5.74, 6) is 2.36. The number of rotatable bonds is 5. The fourth-order valence-corrected chi connectivity index (χ4v) is 5.88. The molecule has 0 bridgehead atoms. The lowest BCUT2D eigenvalue weighted by molar-refractivity contribution is -0.128. The number of carbonyl (C=O) groups excluding carboxylic acids is 2. The summed E-state index contributed by atoms with van der Waals surface area (Å²) in [7, 11) is 0. The van der Waals surface area contributed by atoms with Crippen molar-refractivity contribution in [2.45, 2.75) is 33.6 Å². The second-order valence-corrected chi connectivity index (χ2v) is 9.95. The van der Waals surface area contributed by atoms with Crippen LogP contribution in [0.4, 0.5) is 0 Å². The molecular weight excluding hydrogens is 410 g/mol. The molecule has 166 valence electrons. The number of hydrogen-bond donors (Lipinski definition) is 0. The summed E-state index contributed by atoms with van der Waals surface area (Å²) >= 11 is 1.49. The van der Waals surface area contributed by atoms with E-state index in [4.69, 9.17) is 4.74 Å². The van der Waals surface area contributed by atoms with Crippen molar-refractivity contribution in [1.29, 1.82) is 0 Å². The van der Waals surface area contributed by atoms with Gasteiger partial charge in [-0.15, -0.1) is 11.3 Å². The highest BCUT2D eigenvalue weighted by Crippen LogP contribution is 2.36. The lowest BCUT2D eigenvalue weighted by Gasteiger charge is -2.36. The Kier molecular flexibility index (Phi) is 6.60. The zero-order chi connectivity index (χ0) is 22.0. The third-order valence-corrected chi connectivity index (χ3v) is 7.74. The van der Waals surface area contributed by atoms with Gasteiger partial charge >= 0.3 is 0 Å². The van der Waals surface area contributed by atoms with E-state index in [1.807, 2.05) is 54.0 Å². The second kappa shape index (κ2) is 9.39. The number of amides is 2. The van der Waals surface area contributed by atoms with Crippen LogP contribution in [0.15, 0.2) is 30.3 Å². The van der Waals surface area contributed by atoms with Crippen molar-refractivity contribution in [2.24, 2.45) is 17.8 Å². The predicted molar refractivity (Wildman–Crippen MR) is 121 cm³/mol. The first-order chi connectivity index (χ1) is 14.9. The fourth-order valence-electron chi connectivity index (χ4n) is 4.99. The molecule has 2 amide bonds. The standard InChI is InChI=1S/C24H31N3O3S/c1-16-23(31-17(2)25-16)24(29)26-11-9-19(10-12-26)22-14-27(18(3)28)13-20(22)15-30-21-7-5-4-6-8-21/h4-8,19-20,22H,9-15H2,1-3H3/t20-,22-/m0/s1. The van der Waals surface area contributed by atoms with Crippen molar-refractivity contribution in [3.05, 3.63) is 45.9 Å². The molecule has 2 aromatic rings. The topological polar surface area (TPSA) is 62.7 Å². The van der Waals surface area contributed by atoms with Gasteiger partial charge in [0.25, 0.3) is 5.91 Å². The minimum Gasteiger partial charge on any atom is -0.493 e. The first-order valence-electron chi connectivity index (χ1n) is 11.1. The largest absolute Gasteiger partial charge is 0.493 e. The highest BCUT2D eigenvalue weighted by Gasteiger charge is 2.40. The molecule has 6 nitrogen and oxygen atoms in total. The first kappa shape index (κ1) is 21.8. The summed E-state index contributed by atoms with van der Waals surface area (Å²) in [5.41, 5.74) is 0.834. The quantitative estimate of drug-likeness (QED) is 0.708. The van der Waals surface area contributed by atoms with Crippen LogP contribution in [-0.4, -0.2) is 59.4 Å². The molecule has 3 heterocycles. The number of nitrogens with zero attached hydrogens (tertiary/aromatic N) is 3. The molecule has 0 N–H and O–H groups in total. The summed E-state index contributed by atoms with van der Waals surface area (Å²) in [6.45, 7) is 9.21. The van der Waals surface area contributed by atoms with Crippen molar-refractivity contribution in [2.75, 3.05) is 32.8 Å². The Balaban J connectivity index is 1.38. The van der Waals surface area contributed by atoms with E-state index in [2.05, 4.69) is 4.98 Å². The molecule has 31 heavy (non-hydrogen) atoms. The third-order valence-electron chi connectivity index (χ3n) is 6.67. The van der Waals surface area contributed by atoms with E-state index < -0.39 is 0 Å². The normalized spacial score (nSPS) is 22.0. The number of benzene rings is 1. The highest BCUT2D eigenvalue weighted by molar-refractivity contribution is 7.13. The average molecular weight is 442 g/mol. The van der Waals surface area contributed by atoms with Gasteiger partial charge in [-0.1, -0.05) is 18.2 Å². The lowest BCUT2D eigenvalue weighted by Crippen LogP contribution is -2.41. The van der Waals surface area contributed by atoms with Gasteiger partial charge in [0.2, 0.25) is 5.91 Å². The maximum atomic E-state index is 13.0. The Labute approximate surface area is 188 Å². The zero-order valence-electron chi connectivity index (χ0n) is 18.5. The SMILES string of the molecule is CC(=O)N1C[C@@H](COc2ccccc2)[C@H](C2CCN(C(=O)c3sc(C)nc3C)CC2)C1. The van der Waals surface area contributed by atoms with Crippen LogP contribution in [0.25, 0.3) is 0 Å². The maximum Gasteiger partial charge on any atom is 0.265 e. The number of aromatic nitrogens is 1. The fraction of sp³-hybridized carbons (Fsp3) is 0.542. The molecule has 2 saturated heterocycles. The number of para-hydroxylation sites is 1. The Morgan fingerprint density at radius 3 is 2.42 bits per heavy atom. The van der Waals surface area contributed by atoms with Gasteiger partial charge in [-0.05, 0) is 50.7 Å². The van der Waals surface area contributed by atoms with Crippen LogP contribution >= 0.6 is 11.3 Å². The summed E-state index contributed by atoms with van der Waals surface area (Å²) in [4.78, 5) is 34.1. The van der Waals surface area contributed by atoms with Crippen molar-refractivity contribution in [1.82, 2.24) is 14.8 Å². The minimum absolute atomic E-state index is 0.113. The molecular formula is C24H31N3O3S. The second-order valence-electron chi connectivity index (χ2n) is 8.75. The number of piperidine rings is 1. The summed E-state index contributed by atoms with van der Waals surface area (Å²) in [6, 6.07) is 9.87. The zero-order valence-corrected chi connectivity index (χ0v) is 19.4. The molecule has 0 spiro atoms. The van der Waals surface area contributed by atoms with Gasteiger partial charge in [0.05, 0.1) is 17.3 Å². The van der Waals surface area contributed by atoms with Crippen molar-refractivity contribution in [3.8, 4) is 5.75 Å². The van der Waals surface area contributed by atoms with Crippen molar-refractivity contribution < 1.29 is 14.3 Å². The summed E-state index contributed by atoms with van der Waals surface area (Å²) in [5, 5.41) is 0.937. The molecule has 0 radical (unpaired) electrons. The Morgan fingerprint density at radius 1 is 1.10 bits per heavy atom. The average Bonchev–Trinajstić information content (AvgIpc) is 3.35. The third kappa shape index (κ3) is 4.92. The molecule has 2 fully saturated rings. The molecule has 0 unspecified atom stereocenters. The van der Waals surface area contributed by atoms with Crippen LogP contribution in [0.1, 0.15) is 40.1 Å². The lowest BCUT2D eigenvalue weighted by atomic mass is 9.78. The van der Waals surface area contributed by atoms with E-state index in [1.165, 1.54) is 11.3 Å². The van der Waals surface area contributed by atoms with Crippen LogP contribution in [0.3, 0.4) is 0 Å². The van der Waals surface area contributed by atoms with E-state index >= 15 is 0 Å². The van der Waals surface area contributed by atoms with E-state index in [0.29, 0.717) is 24.4 Å². The number of hydrogen-bond acceptors (Lipinski definition) is 5. The van der Waals surface area contributed by atoms with Gasteiger partial charge in [0.15, 0.2) is 0 Å². The molecule has 2 aliphatic rings. The van der Waals surface area contributed by atoms with E-state index in [1.54, 1.807) is 6.92 Å². The Hall–Kier alpha value is -2.41. The first-order valence-corrected chi connectivity index (χ1v) is 11.9. The molecule has 2 aliphatic heterocycles. The number of thiazole rings is 1. The number of aryl methyl sites for hydroxylation is 2. The van der Waals surface area contributed by atoms with Crippen LogP contribution in [-0.2, 0) is 4.79 Å². The monoisotopic (exact) mass is 441 g/mol. The van der Waals surface area contributed by atoms with Crippen LogP contribution in [0, 0.1) is 31.6 Å². The van der Waals surface area contributed by atoms with Gasteiger partial charge in [0, 0.05) is 39.0 Å². The van der Waals surface area contributed by atoms with E-state index in [9.17, 15) is 9.59 Å². The number of carbonyl (C=O) groups is 2. The van der Waals surface area contributed by atoms with Gasteiger partial charge < -0.3 is 14.5 Å². The summed E-state index contributed by atoms with van der Waals surface area (Å²) < 4.78 is 6.06. The van der Waals surface area contributed by atoms with E-state index in [0.717, 1.165) is 60.3 Å². The summed E-state index contributed by atoms with van der Waals surface area (Å²) in [6.07, 6.45) is 1.95. The van der Waals surface area contributed by atoms with Crippen LogP contribution < -0.4 is 4.74 Å². The molecule has 4 rings (SSSR count). The van der Waals surface area contributed by atoms with Gasteiger partial charge in [-0.2, -0.15) is 0 Å². The highest BCUT2D eigenvalue weighted by atomic mass is 32.1. The molecule has 0 saturated carbocycles. The van der Waals surface area contributed by atoms with Crippen LogP contribution in [0.2, 0.25) is 0 Å². The maximum absolute atomic E-state index is 13.0. The van der Waals surface area contributed by atoms with Crippen LogP contribution in [0.5, 0.6) is 5.75 Å². The van der Waals surface area contributed by atoms with Gasteiger partial charge in [-0.3, -0.25) is 9.59 Å². The number of likely N-dealkylation sites (tertiary alicyclic amines) is 2. The molecule has 1 aromatic carbocycles.